The maximum Gasteiger partial charge on any atom is 0.222 e. The molecule has 0 saturated carbocycles. The summed E-state index contributed by atoms with van der Waals surface area (Å²) in [7, 11) is 0. The molecule has 0 aromatic heterocycles. The van der Waals surface area contributed by atoms with Crippen molar-refractivity contribution in [1.29, 1.82) is 0 Å². The van der Waals surface area contributed by atoms with E-state index in [1.54, 1.807) is 6.08 Å². The molecule has 0 radical (unpaired) electrons. The van der Waals surface area contributed by atoms with Crippen LogP contribution >= 0.6 is 0 Å². The summed E-state index contributed by atoms with van der Waals surface area (Å²) < 4.78 is 0. The van der Waals surface area contributed by atoms with Gasteiger partial charge in [-0.2, -0.15) is 0 Å². The van der Waals surface area contributed by atoms with E-state index in [4.69, 9.17) is 0 Å². The summed E-state index contributed by atoms with van der Waals surface area (Å²) in [5.74, 6) is -0.332. The molecule has 0 aromatic carbocycles. The fourth-order valence-corrected chi connectivity index (χ4v) is 6.76. The summed E-state index contributed by atoms with van der Waals surface area (Å²) in [6, 6.07) is -0.767. The van der Waals surface area contributed by atoms with Crippen molar-refractivity contribution in [3.05, 3.63) is 48.6 Å². The molecule has 5 nitrogen and oxygen atoms in total. The quantitative estimate of drug-likeness (QED) is 0.0371. The summed E-state index contributed by atoms with van der Waals surface area (Å²) in [5, 5.41) is 33.1. The van der Waals surface area contributed by atoms with E-state index in [1.807, 2.05) is 6.08 Å². The Morgan fingerprint density at radius 1 is 0.472 bits per heavy atom. The van der Waals surface area contributed by atoms with Crippen molar-refractivity contribution in [2.45, 2.75) is 244 Å². The lowest BCUT2D eigenvalue weighted by molar-refractivity contribution is -0.124. The zero-order valence-corrected chi connectivity index (χ0v) is 35.1. The summed E-state index contributed by atoms with van der Waals surface area (Å²) in [6.45, 7) is 4.15. The van der Waals surface area contributed by atoms with Gasteiger partial charge in [0.15, 0.2) is 0 Å². The molecule has 0 bridgehead atoms. The van der Waals surface area contributed by atoms with Gasteiger partial charge in [0.05, 0.1) is 31.3 Å². The van der Waals surface area contributed by atoms with Gasteiger partial charge in [-0.15, -0.1) is 0 Å². The highest BCUT2D eigenvalue weighted by Crippen LogP contribution is 2.15. The Labute approximate surface area is 329 Å². The van der Waals surface area contributed by atoms with Gasteiger partial charge >= 0.3 is 0 Å². The monoisotopic (exact) mass is 744 g/mol. The summed E-state index contributed by atoms with van der Waals surface area (Å²) in [5.41, 5.74) is 0. The molecule has 3 unspecified atom stereocenters. The van der Waals surface area contributed by atoms with E-state index in [-0.39, 0.29) is 18.9 Å². The zero-order valence-electron chi connectivity index (χ0n) is 35.1. The van der Waals surface area contributed by atoms with Gasteiger partial charge in [0.2, 0.25) is 5.91 Å². The lowest BCUT2D eigenvalue weighted by Gasteiger charge is -2.21. The van der Waals surface area contributed by atoms with Gasteiger partial charge < -0.3 is 20.6 Å². The molecule has 3 atom stereocenters. The van der Waals surface area contributed by atoms with E-state index in [9.17, 15) is 20.1 Å². The minimum atomic E-state index is -0.959. The standard InChI is InChI=1S/C48H89NO4/c1-3-5-7-9-11-13-15-17-18-19-20-21-22-23-24-25-26-27-28-29-30-31-33-35-37-39-41-45(51)43-48(53)49-46(44-50)47(52)42-40-38-36-34-32-16-14-12-10-8-6-4-2/h10,12,23-24,32,34,40,42,45-47,50-52H,3-9,11,13-22,25-31,33,35-39,41,43-44H2,1-2H3,(H,49,53)/b12-10+,24-23-,34-32+,42-40+. The molecule has 4 N–H and O–H groups in total. The van der Waals surface area contributed by atoms with E-state index >= 15 is 0 Å². The Hall–Kier alpha value is -1.69. The fourth-order valence-electron chi connectivity index (χ4n) is 6.76. The first-order valence-electron chi connectivity index (χ1n) is 22.9. The molecule has 0 saturated heterocycles. The van der Waals surface area contributed by atoms with Gasteiger partial charge in [-0.25, -0.2) is 0 Å². The molecule has 0 rings (SSSR count). The van der Waals surface area contributed by atoms with Crippen molar-refractivity contribution in [3.63, 3.8) is 0 Å². The van der Waals surface area contributed by atoms with Crippen molar-refractivity contribution in [2.24, 2.45) is 0 Å². The third kappa shape index (κ3) is 39.8. The average Bonchev–Trinajstić information content (AvgIpc) is 3.15. The molecule has 0 aliphatic carbocycles. The van der Waals surface area contributed by atoms with E-state index in [0.717, 1.165) is 38.5 Å². The van der Waals surface area contributed by atoms with Crippen molar-refractivity contribution in [3.8, 4) is 0 Å². The van der Waals surface area contributed by atoms with E-state index in [2.05, 4.69) is 55.6 Å². The number of carbonyl (C=O) groups is 1. The van der Waals surface area contributed by atoms with Crippen LogP contribution in [-0.4, -0.2) is 46.1 Å². The molecule has 0 aromatic rings. The number of hydrogen-bond donors (Lipinski definition) is 4. The number of hydrogen-bond acceptors (Lipinski definition) is 4. The van der Waals surface area contributed by atoms with Crippen LogP contribution in [-0.2, 0) is 4.79 Å². The third-order valence-corrected chi connectivity index (χ3v) is 10.3. The van der Waals surface area contributed by atoms with Crippen LogP contribution in [0.1, 0.15) is 226 Å². The third-order valence-electron chi connectivity index (χ3n) is 10.3. The van der Waals surface area contributed by atoms with Crippen LogP contribution in [0.5, 0.6) is 0 Å². The van der Waals surface area contributed by atoms with E-state index in [0.29, 0.717) is 6.42 Å². The second-order valence-corrected chi connectivity index (χ2v) is 15.6. The SMILES string of the molecule is CCCC/C=C/CC/C=C/CC/C=C/C(O)C(CO)NC(=O)CC(O)CCCCCCCCCCCC/C=C\CCCCCCCCCCCCCC. The Morgan fingerprint density at radius 2 is 0.830 bits per heavy atom. The predicted octanol–water partition coefficient (Wildman–Crippen LogP) is 13.3. The van der Waals surface area contributed by atoms with Gasteiger partial charge in [0.25, 0.3) is 0 Å². The average molecular weight is 744 g/mol. The van der Waals surface area contributed by atoms with Crippen LogP contribution in [0, 0.1) is 0 Å². The van der Waals surface area contributed by atoms with Crippen LogP contribution in [0.3, 0.4) is 0 Å². The number of carbonyl (C=O) groups excluding carboxylic acids is 1. The predicted molar refractivity (Wildman–Crippen MR) is 231 cm³/mol. The molecule has 0 aliphatic rings. The highest BCUT2D eigenvalue weighted by molar-refractivity contribution is 5.76. The van der Waals surface area contributed by atoms with Gasteiger partial charge in [0, 0.05) is 0 Å². The summed E-state index contributed by atoms with van der Waals surface area (Å²) in [6.07, 6.45) is 55.6. The Morgan fingerprint density at radius 3 is 1.26 bits per heavy atom. The van der Waals surface area contributed by atoms with Crippen molar-refractivity contribution in [2.75, 3.05) is 6.61 Å². The van der Waals surface area contributed by atoms with Gasteiger partial charge in [0.1, 0.15) is 0 Å². The first-order chi connectivity index (χ1) is 26.0. The van der Waals surface area contributed by atoms with E-state index < -0.39 is 18.2 Å². The molecule has 0 heterocycles. The first-order valence-corrected chi connectivity index (χ1v) is 22.9. The number of rotatable bonds is 41. The molecule has 0 aliphatic heterocycles. The molecule has 0 fully saturated rings. The lowest BCUT2D eigenvalue weighted by Crippen LogP contribution is -2.45. The van der Waals surface area contributed by atoms with Crippen LogP contribution in [0.4, 0.5) is 0 Å². The number of nitrogens with one attached hydrogen (secondary N) is 1. The minimum Gasteiger partial charge on any atom is -0.394 e. The van der Waals surface area contributed by atoms with Crippen LogP contribution in [0.15, 0.2) is 48.6 Å². The van der Waals surface area contributed by atoms with Crippen LogP contribution < -0.4 is 5.32 Å². The van der Waals surface area contributed by atoms with Crippen molar-refractivity contribution >= 4 is 5.91 Å². The number of aliphatic hydroxyl groups excluding tert-OH is 3. The highest BCUT2D eigenvalue weighted by Gasteiger charge is 2.20. The largest absolute Gasteiger partial charge is 0.394 e. The van der Waals surface area contributed by atoms with Gasteiger partial charge in [-0.05, 0) is 64.2 Å². The molecule has 53 heavy (non-hydrogen) atoms. The van der Waals surface area contributed by atoms with Gasteiger partial charge in [-0.3, -0.25) is 4.79 Å². The Kier molecular flexibility index (Phi) is 41.7. The maximum atomic E-state index is 12.4. The summed E-state index contributed by atoms with van der Waals surface area (Å²) >= 11 is 0. The smallest absolute Gasteiger partial charge is 0.222 e. The number of amides is 1. The molecular formula is C48H89NO4. The summed E-state index contributed by atoms with van der Waals surface area (Å²) in [4.78, 5) is 12.4. The van der Waals surface area contributed by atoms with Crippen molar-refractivity contribution < 1.29 is 20.1 Å². The molecule has 310 valence electrons. The zero-order chi connectivity index (χ0) is 38.7. The molecule has 0 spiro atoms. The second-order valence-electron chi connectivity index (χ2n) is 15.6. The van der Waals surface area contributed by atoms with E-state index in [1.165, 1.54) is 161 Å². The Bertz CT molecular complexity index is 866. The van der Waals surface area contributed by atoms with Gasteiger partial charge in [-0.1, -0.05) is 204 Å². The normalized spacial score (nSPS) is 14.0. The molecular weight excluding hydrogens is 655 g/mol. The molecule has 1 amide bonds. The number of allylic oxidation sites excluding steroid dienone is 7. The fraction of sp³-hybridized carbons (Fsp3) is 0.812. The Balaban J connectivity index is 3.61. The maximum absolute atomic E-state index is 12.4. The molecule has 5 heteroatoms. The van der Waals surface area contributed by atoms with Crippen molar-refractivity contribution in [1.82, 2.24) is 5.32 Å². The number of aliphatic hydroxyl groups is 3. The van der Waals surface area contributed by atoms with Crippen LogP contribution in [0.2, 0.25) is 0 Å². The van der Waals surface area contributed by atoms with Crippen LogP contribution in [0.25, 0.3) is 0 Å². The minimum absolute atomic E-state index is 0.000747. The lowest BCUT2D eigenvalue weighted by atomic mass is 10.0. The second kappa shape index (κ2) is 43.0. The first kappa shape index (κ1) is 51.3. The number of unbranched alkanes of at least 4 members (excludes halogenated alkanes) is 26. The topological polar surface area (TPSA) is 89.8 Å². The highest BCUT2D eigenvalue weighted by atomic mass is 16.3.